The average Bonchev–Trinajstić information content (AvgIpc) is 2.38. The molecule has 2 aliphatic rings. The standard InChI is InChI=1S/C14H16N2O3/c17-13-9-14(10-13)5-7-15(8-6-14)11-1-3-12(4-2-11)16(18)19/h1-4H,5-10H2. The van der Waals surface area contributed by atoms with Crippen LogP contribution in [0.3, 0.4) is 0 Å². The second kappa shape index (κ2) is 4.33. The van der Waals surface area contributed by atoms with E-state index in [0.29, 0.717) is 5.78 Å². The van der Waals surface area contributed by atoms with E-state index in [1.807, 2.05) is 12.1 Å². The summed E-state index contributed by atoms with van der Waals surface area (Å²) in [6, 6.07) is 6.71. The van der Waals surface area contributed by atoms with Gasteiger partial charge in [-0.1, -0.05) is 0 Å². The number of carbonyl (C=O) groups excluding carboxylic acids is 1. The molecule has 0 bridgehead atoms. The molecule has 19 heavy (non-hydrogen) atoms. The number of nitro groups is 1. The Hall–Kier alpha value is -1.91. The Morgan fingerprint density at radius 3 is 2.16 bits per heavy atom. The van der Waals surface area contributed by atoms with Crippen molar-refractivity contribution >= 4 is 17.2 Å². The molecule has 1 spiro atoms. The first-order valence-electron chi connectivity index (χ1n) is 6.59. The van der Waals surface area contributed by atoms with Gasteiger partial charge in [-0.2, -0.15) is 0 Å². The Balaban J connectivity index is 1.65. The van der Waals surface area contributed by atoms with E-state index in [2.05, 4.69) is 4.90 Å². The van der Waals surface area contributed by atoms with Crippen LogP contribution in [-0.2, 0) is 4.79 Å². The molecule has 3 rings (SSSR count). The van der Waals surface area contributed by atoms with Gasteiger partial charge in [-0.3, -0.25) is 14.9 Å². The molecule has 1 saturated heterocycles. The van der Waals surface area contributed by atoms with E-state index in [0.717, 1.165) is 44.5 Å². The number of benzene rings is 1. The Morgan fingerprint density at radius 2 is 1.68 bits per heavy atom. The van der Waals surface area contributed by atoms with Crippen molar-refractivity contribution in [2.75, 3.05) is 18.0 Å². The molecule has 0 radical (unpaired) electrons. The molecular formula is C14H16N2O3. The summed E-state index contributed by atoms with van der Waals surface area (Å²) in [4.78, 5) is 23.6. The number of non-ortho nitro benzene ring substituents is 1. The SMILES string of the molecule is O=C1CC2(CCN(c3ccc([N+](=O)[O-])cc3)CC2)C1. The minimum atomic E-state index is -0.380. The van der Waals surface area contributed by atoms with Gasteiger partial charge in [-0.15, -0.1) is 0 Å². The highest BCUT2D eigenvalue weighted by molar-refractivity contribution is 5.86. The molecule has 0 unspecified atom stereocenters. The van der Waals surface area contributed by atoms with Gasteiger partial charge < -0.3 is 4.90 Å². The van der Waals surface area contributed by atoms with E-state index < -0.39 is 0 Å². The number of piperidine rings is 1. The summed E-state index contributed by atoms with van der Waals surface area (Å²) in [6.45, 7) is 1.87. The lowest BCUT2D eigenvalue weighted by molar-refractivity contribution is -0.384. The van der Waals surface area contributed by atoms with Gasteiger partial charge in [0.15, 0.2) is 0 Å². The van der Waals surface area contributed by atoms with Crippen molar-refractivity contribution in [2.45, 2.75) is 25.7 Å². The zero-order chi connectivity index (χ0) is 13.5. The largest absolute Gasteiger partial charge is 0.371 e. The molecule has 5 heteroatoms. The molecule has 1 aliphatic heterocycles. The third-order valence-electron chi connectivity index (χ3n) is 4.39. The first kappa shape index (κ1) is 12.1. The number of nitrogens with zero attached hydrogens (tertiary/aromatic N) is 2. The number of hydrogen-bond acceptors (Lipinski definition) is 4. The molecule has 100 valence electrons. The lowest BCUT2D eigenvalue weighted by Crippen LogP contribution is -2.47. The lowest BCUT2D eigenvalue weighted by atomic mass is 9.62. The van der Waals surface area contributed by atoms with Crippen LogP contribution in [0.2, 0.25) is 0 Å². The van der Waals surface area contributed by atoms with Crippen molar-refractivity contribution in [2.24, 2.45) is 5.41 Å². The Kier molecular flexibility index (Phi) is 2.77. The molecule has 5 nitrogen and oxygen atoms in total. The molecule has 1 aliphatic carbocycles. The summed E-state index contributed by atoms with van der Waals surface area (Å²) in [5.41, 5.74) is 1.43. The van der Waals surface area contributed by atoms with Crippen LogP contribution in [0.25, 0.3) is 0 Å². The third-order valence-corrected chi connectivity index (χ3v) is 4.39. The summed E-state index contributed by atoms with van der Waals surface area (Å²) in [6.07, 6.45) is 3.60. The number of carbonyl (C=O) groups is 1. The van der Waals surface area contributed by atoms with Crippen molar-refractivity contribution in [1.29, 1.82) is 0 Å². The maximum absolute atomic E-state index is 11.1. The van der Waals surface area contributed by atoms with Crippen LogP contribution < -0.4 is 4.90 Å². The van der Waals surface area contributed by atoms with E-state index in [9.17, 15) is 14.9 Å². The third kappa shape index (κ3) is 2.20. The number of hydrogen-bond donors (Lipinski definition) is 0. The topological polar surface area (TPSA) is 63.5 Å². The highest BCUT2D eigenvalue weighted by Crippen LogP contribution is 2.47. The number of nitro benzene ring substituents is 1. The molecule has 0 amide bonds. The van der Waals surface area contributed by atoms with Crippen LogP contribution in [0.15, 0.2) is 24.3 Å². The van der Waals surface area contributed by atoms with Crippen LogP contribution in [0, 0.1) is 15.5 Å². The number of Topliss-reactive ketones (excluding diaryl/α,β-unsaturated/α-hetero) is 1. The van der Waals surface area contributed by atoms with Crippen LogP contribution in [0.1, 0.15) is 25.7 Å². The Labute approximate surface area is 111 Å². The zero-order valence-corrected chi connectivity index (χ0v) is 10.7. The highest BCUT2D eigenvalue weighted by atomic mass is 16.6. The van der Waals surface area contributed by atoms with E-state index in [-0.39, 0.29) is 16.0 Å². The van der Waals surface area contributed by atoms with Crippen molar-refractivity contribution < 1.29 is 9.72 Å². The Morgan fingerprint density at radius 1 is 1.11 bits per heavy atom. The van der Waals surface area contributed by atoms with Gasteiger partial charge in [0.2, 0.25) is 0 Å². The van der Waals surface area contributed by atoms with Crippen molar-refractivity contribution in [3.05, 3.63) is 34.4 Å². The summed E-state index contributed by atoms with van der Waals surface area (Å²) < 4.78 is 0. The molecule has 1 heterocycles. The number of rotatable bonds is 2. The van der Waals surface area contributed by atoms with E-state index in [4.69, 9.17) is 0 Å². The van der Waals surface area contributed by atoms with Crippen LogP contribution in [-0.4, -0.2) is 23.8 Å². The van der Waals surface area contributed by atoms with Gasteiger partial charge in [-0.05, 0) is 30.4 Å². The highest BCUT2D eigenvalue weighted by Gasteiger charge is 2.45. The molecule has 1 aromatic rings. The molecular weight excluding hydrogens is 244 g/mol. The predicted molar refractivity (Wildman–Crippen MR) is 71.2 cm³/mol. The van der Waals surface area contributed by atoms with E-state index >= 15 is 0 Å². The van der Waals surface area contributed by atoms with E-state index in [1.165, 1.54) is 0 Å². The van der Waals surface area contributed by atoms with Gasteiger partial charge in [0.05, 0.1) is 4.92 Å². The molecule has 0 aromatic heterocycles. The average molecular weight is 260 g/mol. The second-order valence-corrected chi connectivity index (χ2v) is 5.65. The van der Waals surface area contributed by atoms with Crippen LogP contribution in [0.4, 0.5) is 11.4 Å². The first-order valence-corrected chi connectivity index (χ1v) is 6.59. The summed E-state index contributed by atoms with van der Waals surface area (Å²) >= 11 is 0. The maximum Gasteiger partial charge on any atom is 0.269 e. The summed E-state index contributed by atoms with van der Waals surface area (Å²) in [5.74, 6) is 0.392. The fourth-order valence-corrected chi connectivity index (χ4v) is 3.16. The monoisotopic (exact) mass is 260 g/mol. The molecule has 1 aromatic carbocycles. The number of anilines is 1. The summed E-state index contributed by atoms with van der Waals surface area (Å²) in [7, 11) is 0. The maximum atomic E-state index is 11.1. The minimum Gasteiger partial charge on any atom is -0.371 e. The predicted octanol–water partition coefficient (Wildman–Crippen LogP) is 2.54. The second-order valence-electron chi connectivity index (χ2n) is 5.65. The summed E-state index contributed by atoms with van der Waals surface area (Å²) in [5, 5.41) is 10.6. The first-order chi connectivity index (χ1) is 9.08. The van der Waals surface area contributed by atoms with Gasteiger partial charge in [0, 0.05) is 43.8 Å². The molecule has 0 N–H and O–H groups in total. The van der Waals surface area contributed by atoms with Crippen molar-refractivity contribution in [1.82, 2.24) is 0 Å². The molecule has 2 fully saturated rings. The fraction of sp³-hybridized carbons (Fsp3) is 0.500. The number of ketones is 1. The molecule has 0 atom stereocenters. The fourth-order valence-electron chi connectivity index (χ4n) is 3.16. The van der Waals surface area contributed by atoms with Gasteiger partial charge in [-0.25, -0.2) is 0 Å². The van der Waals surface area contributed by atoms with E-state index in [1.54, 1.807) is 12.1 Å². The normalized spacial score (nSPS) is 21.3. The van der Waals surface area contributed by atoms with Gasteiger partial charge in [0.1, 0.15) is 5.78 Å². The Bertz CT molecular complexity index is 506. The smallest absolute Gasteiger partial charge is 0.269 e. The van der Waals surface area contributed by atoms with Crippen LogP contribution in [0.5, 0.6) is 0 Å². The zero-order valence-electron chi connectivity index (χ0n) is 10.7. The molecule has 1 saturated carbocycles. The van der Waals surface area contributed by atoms with Gasteiger partial charge >= 0.3 is 0 Å². The van der Waals surface area contributed by atoms with Gasteiger partial charge in [0.25, 0.3) is 5.69 Å². The minimum absolute atomic E-state index is 0.127. The van der Waals surface area contributed by atoms with Crippen molar-refractivity contribution in [3.8, 4) is 0 Å². The quantitative estimate of drug-likeness (QED) is 0.605. The lowest BCUT2D eigenvalue weighted by Gasteiger charge is -2.47. The van der Waals surface area contributed by atoms with Crippen LogP contribution >= 0.6 is 0 Å². The van der Waals surface area contributed by atoms with Crippen molar-refractivity contribution in [3.63, 3.8) is 0 Å².